The van der Waals surface area contributed by atoms with Gasteiger partial charge in [-0.1, -0.05) is 20.3 Å². The molecule has 1 heterocycles. The van der Waals surface area contributed by atoms with E-state index in [9.17, 15) is 4.79 Å². The number of carbonyl (C=O) groups excluding carboxylic acids is 1. The topological polar surface area (TPSA) is 49.6 Å². The first-order chi connectivity index (χ1) is 7.19. The standard InChI is InChI=1S/C11H21N3O/c1-3-5-6-13-7-8-14(9-13)10(4-2)11(12)15/h7-8,10H,3-6,9H2,1-2H3,(H2,12,15). The number of nitrogens with zero attached hydrogens (tertiary/aromatic N) is 2. The monoisotopic (exact) mass is 211 g/mol. The number of primary amides is 1. The highest BCUT2D eigenvalue weighted by Crippen LogP contribution is 2.13. The summed E-state index contributed by atoms with van der Waals surface area (Å²) in [5.74, 6) is -0.237. The molecule has 4 nitrogen and oxygen atoms in total. The Bertz CT molecular complexity index is 240. The Morgan fingerprint density at radius 1 is 1.47 bits per heavy atom. The van der Waals surface area contributed by atoms with Crippen molar-refractivity contribution in [2.45, 2.75) is 39.2 Å². The fourth-order valence-corrected chi connectivity index (χ4v) is 1.79. The smallest absolute Gasteiger partial charge is 0.240 e. The first kappa shape index (κ1) is 11.9. The Hall–Kier alpha value is -1.19. The van der Waals surface area contributed by atoms with Crippen molar-refractivity contribution in [1.29, 1.82) is 0 Å². The van der Waals surface area contributed by atoms with Gasteiger partial charge in [0.1, 0.15) is 6.04 Å². The fourth-order valence-electron chi connectivity index (χ4n) is 1.79. The normalized spacial score (nSPS) is 17.2. The lowest BCUT2D eigenvalue weighted by Gasteiger charge is -2.26. The third-order valence-corrected chi connectivity index (χ3v) is 2.73. The van der Waals surface area contributed by atoms with E-state index in [-0.39, 0.29) is 11.9 Å². The molecule has 15 heavy (non-hydrogen) atoms. The van der Waals surface area contributed by atoms with Gasteiger partial charge in [-0.15, -0.1) is 0 Å². The summed E-state index contributed by atoms with van der Waals surface area (Å²) in [6.45, 7) is 6.01. The van der Waals surface area contributed by atoms with Crippen molar-refractivity contribution in [1.82, 2.24) is 9.80 Å². The van der Waals surface area contributed by atoms with E-state index in [1.807, 2.05) is 24.2 Å². The summed E-state index contributed by atoms with van der Waals surface area (Å²) in [5, 5.41) is 0. The number of rotatable bonds is 6. The number of hydrogen-bond acceptors (Lipinski definition) is 3. The number of carbonyl (C=O) groups is 1. The van der Waals surface area contributed by atoms with Crippen LogP contribution in [0.5, 0.6) is 0 Å². The van der Waals surface area contributed by atoms with Crippen molar-refractivity contribution in [2.24, 2.45) is 5.73 Å². The second kappa shape index (κ2) is 5.63. The quantitative estimate of drug-likeness (QED) is 0.715. The predicted molar refractivity (Wildman–Crippen MR) is 60.7 cm³/mol. The van der Waals surface area contributed by atoms with Crippen molar-refractivity contribution >= 4 is 5.91 Å². The first-order valence-corrected chi connectivity index (χ1v) is 5.66. The molecule has 0 aromatic carbocycles. The minimum Gasteiger partial charge on any atom is -0.368 e. The van der Waals surface area contributed by atoms with Crippen molar-refractivity contribution < 1.29 is 4.79 Å². The van der Waals surface area contributed by atoms with Crippen LogP contribution in [0.2, 0.25) is 0 Å². The molecule has 0 bridgehead atoms. The van der Waals surface area contributed by atoms with Gasteiger partial charge in [-0.05, 0) is 12.8 Å². The van der Waals surface area contributed by atoms with E-state index in [0.29, 0.717) is 0 Å². The molecule has 0 aliphatic carbocycles. The lowest BCUT2D eigenvalue weighted by atomic mass is 10.2. The summed E-state index contributed by atoms with van der Waals surface area (Å²) in [7, 11) is 0. The largest absolute Gasteiger partial charge is 0.368 e. The van der Waals surface area contributed by atoms with Crippen LogP contribution in [-0.2, 0) is 4.79 Å². The van der Waals surface area contributed by atoms with E-state index < -0.39 is 0 Å². The third kappa shape index (κ3) is 3.15. The van der Waals surface area contributed by atoms with E-state index >= 15 is 0 Å². The molecule has 0 fully saturated rings. The van der Waals surface area contributed by atoms with Crippen molar-refractivity contribution in [3.05, 3.63) is 12.4 Å². The average Bonchev–Trinajstić information content (AvgIpc) is 2.64. The molecule has 86 valence electrons. The van der Waals surface area contributed by atoms with Gasteiger partial charge in [0.15, 0.2) is 0 Å². The highest BCUT2D eigenvalue weighted by atomic mass is 16.1. The van der Waals surface area contributed by atoms with E-state index in [1.54, 1.807) is 0 Å². The van der Waals surface area contributed by atoms with Crippen LogP contribution in [0, 0.1) is 0 Å². The molecule has 1 rings (SSSR count). The Labute approximate surface area is 91.7 Å². The maximum absolute atomic E-state index is 11.2. The van der Waals surface area contributed by atoms with Gasteiger partial charge >= 0.3 is 0 Å². The van der Waals surface area contributed by atoms with E-state index in [2.05, 4.69) is 11.8 Å². The SMILES string of the molecule is CCCCN1C=CN(C(CC)C(N)=O)C1. The van der Waals surface area contributed by atoms with Crippen LogP contribution in [0.25, 0.3) is 0 Å². The van der Waals surface area contributed by atoms with Crippen LogP contribution in [0.15, 0.2) is 12.4 Å². The number of unbranched alkanes of at least 4 members (excludes halogenated alkanes) is 1. The summed E-state index contributed by atoms with van der Waals surface area (Å²) in [5.41, 5.74) is 5.34. The van der Waals surface area contributed by atoms with Crippen LogP contribution in [0.4, 0.5) is 0 Å². The molecule has 0 saturated carbocycles. The molecular weight excluding hydrogens is 190 g/mol. The lowest BCUT2D eigenvalue weighted by Crippen LogP contribution is -2.42. The Morgan fingerprint density at radius 3 is 2.73 bits per heavy atom. The van der Waals surface area contributed by atoms with Gasteiger partial charge in [0.25, 0.3) is 0 Å². The molecule has 1 amide bonds. The molecule has 0 aromatic rings. The highest BCUT2D eigenvalue weighted by molar-refractivity contribution is 5.79. The van der Waals surface area contributed by atoms with Crippen LogP contribution < -0.4 is 5.73 Å². The van der Waals surface area contributed by atoms with Gasteiger partial charge in [-0.3, -0.25) is 4.79 Å². The van der Waals surface area contributed by atoms with E-state index in [1.165, 1.54) is 12.8 Å². The summed E-state index contributed by atoms with van der Waals surface area (Å²) >= 11 is 0. The molecule has 1 aliphatic heterocycles. The molecule has 2 N–H and O–H groups in total. The maximum Gasteiger partial charge on any atom is 0.240 e. The number of amides is 1. The molecule has 1 unspecified atom stereocenters. The van der Waals surface area contributed by atoms with Gasteiger partial charge in [0.05, 0.1) is 6.67 Å². The Balaban J connectivity index is 2.42. The zero-order valence-corrected chi connectivity index (χ0v) is 9.65. The second-order valence-corrected chi connectivity index (χ2v) is 3.95. The van der Waals surface area contributed by atoms with Gasteiger partial charge in [0, 0.05) is 18.9 Å². The minimum atomic E-state index is -0.237. The maximum atomic E-state index is 11.2. The van der Waals surface area contributed by atoms with E-state index in [4.69, 9.17) is 5.73 Å². The highest BCUT2D eigenvalue weighted by Gasteiger charge is 2.23. The van der Waals surface area contributed by atoms with Crippen molar-refractivity contribution in [3.8, 4) is 0 Å². The molecule has 4 heteroatoms. The molecule has 0 spiro atoms. The van der Waals surface area contributed by atoms with Gasteiger partial charge in [0.2, 0.25) is 5.91 Å². The van der Waals surface area contributed by atoms with Crippen LogP contribution >= 0.6 is 0 Å². The van der Waals surface area contributed by atoms with Crippen LogP contribution in [-0.4, -0.2) is 35.0 Å². The molecule has 1 aliphatic rings. The summed E-state index contributed by atoms with van der Waals surface area (Å²) < 4.78 is 0. The molecule has 0 radical (unpaired) electrons. The summed E-state index contributed by atoms with van der Waals surface area (Å²) in [6.07, 6.45) is 7.15. The Kier molecular flexibility index (Phi) is 4.46. The van der Waals surface area contributed by atoms with Gasteiger partial charge < -0.3 is 15.5 Å². The second-order valence-electron chi connectivity index (χ2n) is 3.95. The number of hydrogen-bond donors (Lipinski definition) is 1. The summed E-state index contributed by atoms with van der Waals surface area (Å²) in [4.78, 5) is 15.4. The molecule has 0 saturated heterocycles. The van der Waals surface area contributed by atoms with Crippen molar-refractivity contribution in [2.75, 3.05) is 13.2 Å². The van der Waals surface area contributed by atoms with Gasteiger partial charge in [-0.25, -0.2) is 0 Å². The minimum absolute atomic E-state index is 0.159. The lowest BCUT2D eigenvalue weighted by molar-refractivity contribution is -0.122. The fraction of sp³-hybridized carbons (Fsp3) is 0.727. The zero-order valence-electron chi connectivity index (χ0n) is 9.65. The van der Waals surface area contributed by atoms with Crippen LogP contribution in [0.1, 0.15) is 33.1 Å². The third-order valence-electron chi connectivity index (χ3n) is 2.73. The zero-order chi connectivity index (χ0) is 11.3. The van der Waals surface area contributed by atoms with Crippen LogP contribution in [0.3, 0.4) is 0 Å². The molecule has 0 aromatic heterocycles. The average molecular weight is 211 g/mol. The van der Waals surface area contributed by atoms with E-state index in [0.717, 1.165) is 19.6 Å². The Morgan fingerprint density at radius 2 is 2.20 bits per heavy atom. The predicted octanol–water partition coefficient (Wildman–Crippen LogP) is 1.10. The molecule has 1 atom stereocenters. The van der Waals surface area contributed by atoms with Gasteiger partial charge in [-0.2, -0.15) is 0 Å². The number of nitrogens with two attached hydrogens (primary N) is 1. The first-order valence-electron chi connectivity index (χ1n) is 5.66. The summed E-state index contributed by atoms with van der Waals surface area (Å²) in [6, 6.07) is -0.159. The molecular formula is C11H21N3O. The van der Waals surface area contributed by atoms with Crippen molar-refractivity contribution in [3.63, 3.8) is 0 Å².